The summed E-state index contributed by atoms with van der Waals surface area (Å²) >= 11 is 0. The normalized spacial score (nSPS) is 24.6. The Morgan fingerprint density at radius 2 is 2.11 bits per heavy atom. The molecular formula is C14H29N3O. The molecule has 18 heavy (non-hydrogen) atoms. The monoisotopic (exact) mass is 255 g/mol. The SMILES string of the molecule is CCNC(=NCC1CCCC1O)NCCC(C)C. The summed E-state index contributed by atoms with van der Waals surface area (Å²) in [6.45, 7) is 9.08. The lowest BCUT2D eigenvalue weighted by atomic mass is 10.1. The van der Waals surface area contributed by atoms with Gasteiger partial charge >= 0.3 is 0 Å². The molecule has 1 aliphatic rings. The van der Waals surface area contributed by atoms with Crippen molar-refractivity contribution in [2.24, 2.45) is 16.8 Å². The zero-order chi connectivity index (χ0) is 13.4. The molecule has 4 nitrogen and oxygen atoms in total. The zero-order valence-corrected chi connectivity index (χ0v) is 12.1. The van der Waals surface area contributed by atoms with Crippen molar-refractivity contribution in [1.82, 2.24) is 10.6 Å². The highest BCUT2D eigenvalue weighted by Crippen LogP contribution is 2.25. The third-order valence-electron chi connectivity index (χ3n) is 3.46. The smallest absolute Gasteiger partial charge is 0.191 e. The molecule has 0 bridgehead atoms. The number of nitrogens with one attached hydrogen (secondary N) is 2. The van der Waals surface area contributed by atoms with Crippen LogP contribution in [0.4, 0.5) is 0 Å². The second-order valence-corrected chi connectivity index (χ2v) is 5.59. The molecule has 1 aliphatic carbocycles. The summed E-state index contributed by atoms with van der Waals surface area (Å²) in [7, 11) is 0. The van der Waals surface area contributed by atoms with Crippen LogP contribution in [-0.4, -0.2) is 36.8 Å². The largest absolute Gasteiger partial charge is 0.393 e. The fraction of sp³-hybridized carbons (Fsp3) is 0.929. The summed E-state index contributed by atoms with van der Waals surface area (Å²) in [6.07, 6.45) is 4.19. The number of aliphatic imine (C=N–C) groups is 1. The van der Waals surface area contributed by atoms with Crippen LogP contribution in [0.15, 0.2) is 4.99 Å². The zero-order valence-electron chi connectivity index (χ0n) is 12.1. The average molecular weight is 255 g/mol. The van der Waals surface area contributed by atoms with Crippen molar-refractivity contribution >= 4 is 5.96 Å². The van der Waals surface area contributed by atoms with E-state index in [4.69, 9.17) is 0 Å². The van der Waals surface area contributed by atoms with Gasteiger partial charge in [0, 0.05) is 25.6 Å². The van der Waals surface area contributed by atoms with Gasteiger partial charge in [-0.25, -0.2) is 0 Å². The van der Waals surface area contributed by atoms with E-state index in [1.807, 2.05) is 0 Å². The number of hydrogen-bond donors (Lipinski definition) is 3. The Morgan fingerprint density at radius 1 is 1.33 bits per heavy atom. The van der Waals surface area contributed by atoms with Crippen LogP contribution < -0.4 is 10.6 Å². The van der Waals surface area contributed by atoms with Crippen LogP contribution in [0.2, 0.25) is 0 Å². The molecule has 1 fully saturated rings. The van der Waals surface area contributed by atoms with Crippen LogP contribution in [0, 0.1) is 11.8 Å². The Labute approximate surface area is 111 Å². The summed E-state index contributed by atoms with van der Waals surface area (Å²) in [5.41, 5.74) is 0. The number of hydrogen-bond acceptors (Lipinski definition) is 2. The van der Waals surface area contributed by atoms with Crippen molar-refractivity contribution in [1.29, 1.82) is 0 Å². The molecule has 0 saturated heterocycles. The van der Waals surface area contributed by atoms with Crippen molar-refractivity contribution in [2.45, 2.75) is 52.6 Å². The Bertz CT molecular complexity index is 253. The van der Waals surface area contributed by atoms with E-state index in [-0.39, 0.29) is 6.10 Å². The molecule has 4 heteroatoms. The lowest BCUT2D eigenvalue weighted by molar-refractivity contribution is 0.136. The molecule has 0 aliphatic heterocycles. The maximum atomic E-state index is 9.77. The first kappa shape index (κ1) is 15.3. The maximum absolute atomic E-state index is 9.77. The molecule has 0 aromatic carbocycles. The molecule has 0 aromatic rings. The number of rotatable bonds is 6. The first-order chi connectivity index (χ1) is 8.63. The van der Waals surface area contributed by atoms with Crippen LogP contribution >= 0.6 is 0 Å². The summed E-state index contributed by atoms with van der Waals surface area (Å²) in [6, 6.07) is 0. The molecule has 1 rings (SSSR count). The average Bonchev–Trinajstić information content (AvgIpc) is 2.71. The molecule has 0 aromatic heterocycles. The van der Waals surface area contributed by atoms with E-state index in [9.17, 15) is 5.11 Å². The molecule has 0 amide bonds. The van der Waals surface area contributed by atoms with Crippen molar-refractivity contribution in [3.8, 4) is 0 Å². The van der Waals surface area contributed by atoms with Crippen molar-refractivity contribution in [3.05, 3.63) is 0 Å². The van der Waals surface area contributed by atoms with Crippen molar-refractivity contribution < 1.29 is 5.11 Å². The van der Waals surface area contributed by atoms with Gasteiger partial charge in [0.05, 0.1) is 6.10 Å². The van der Waals surface area contributed by atoms with Gasteiger partial charge in [-0.05, 0) is 32.1 Å². The van der Waals surface area contributed by atoms with E-state index < -0.39 is 0 Å². The lowest BCUT2D eigenvalue weighted by Gasteiger charge is -2.15. The van der Waals surface area contributed by atoms with Gasteiger partial charge in [0.15, 0.2) is 5.96 Å². The van der Waals surface area contributed by atoms with Gasteiger partial charge in [-0.1, -0.05) is 20.3 Å². The summed E-state index contributed by atoms with van der Waals surface area (Å²) in [5, 5.41) is 16.4. The quantitative estimate of drug-likeness (QED) is 0.500. The van der Waals surface area contributed by atoms with Gasteiger partial charge in [0.25, 0.3) is 0 Å². The van der Waals surface area contributed by atoms with E-state index in [2.05, 4.69) is 36.4 Å². The van der Waals surface area contributed by atoms with Crippen LogP contribution in [0.1, 0.15) is 46.5 Å². The first-order valence-corrected chi connectivity index (χ1v) is 7.33. The molecule has 2 unspecified atom stereocenters. The maximum Gasteiger partial charge on any atom is 0.191 e. The Hall–Kier alpha value is -0.770. The number of aliphatic hydroxyl groups is 1. The minimum atomic E-state index is -0.146. The Morgan fingerprint density at radius 3 is 2.67 bits per heavy atom. The van der Waals surface area contributed by atoms with Gasteiger partial charge in [-0.2, -0.15) is 0 Å². The summed E-state index contributed by atoms with van der Waals surface area (Å²) in [5.74, 6) is 1.94. The number of guanidine groups is 1. The Balaban J connectivity index is 2.34. The molecule has 1 saturated carbocycles. The summed E-state index contributed by atoms with van der Waals surface area (Å²) < 4.78 is 0. The predicted octanol–water partition coefficient (Wildman–Crippen LogP) is 1.75. The highest BCUT2D eigenvalue weighted by molar-refractivity contribution is 5.79. The van der Waals surface area contributed by atoms with Gasteiger partial charge in [0.2, 0.25) is 0 Å². The van der Waals surface area contributed by atoms with E-state index in [0.29, 0.717) is 11.8 Å². The molecule has 0 radical (unpaired) electrons. The van der Waals surface area contributed by atoms with E-state index in [0.717, 1.165) is 51.3 Å². The van der Waals surface area contributed by atoms with E-state index >= 15 is 0 Å². The van der Waals surface area contributed by atoms with Gasteiger partial charge < -0.3 is 15.7 Å². The minimum Gasteiger partial charge on any atom is -0.393 e. The molecule has 0 heterocycles. The van der Waals surface area contributed by atoms with Gasteiger partial charge in [-0.15, -0.1) is 0 Å². The number of nitrogens with zero attached hydrogens (tertiary/aromatic N) is 1. The van der Waals surface area contributed by atoms with E-state index in [1.54, 1.807) is 0 Å². The second-order valence-electron chi connectivity index (χ2n) is 5.59. The third-order valence-corrected chi connectivity index (χ3v) is 3.46. The molecule has 0 spiro atoms. The Kier molecular flexibility index (Phi) is 7.09. The molecule has 3 N–H and O–H groups in total. The van der Waals surface area contributed by atoms with Crippen LogP contribution in [0.3, 0.4) is 0 Å². The van der Waals surface area contributed by atoms with E-state index in [1.165, 1.54) is 0 Å². The van der Waals surface area contributed by atoms with Crippen LogP contribution in [0.5, 0.6) is 0 Å². The summed E-state index contributed by atoms with van der Waals surface area (Å²) in [4.78, 5) is 4.58. The van der Waals surface area contributed by atoms with Crippen molar-refractivity contribution in [2.75, 3.05) is 19.6 Å². The molecular weight excluding hydrogens is 226 g/mol. The van der Waals surface area contributed by atoms with Gasteiger partial charge in [-0.3, -0.25) is 4.99 Å². The fourth-order valence-corrected chi connectivity index (χ4v) is 2.26. The van der Waals surface area contributed by atoms with Crippen LogP contribution in [-0.2, 0) is 0 Å². The second kappa shape index (κ2) is 8.35. The van der Waals surface area contributed by atoms with Crippen molar-refractivity contribution in [3.63, 3.8) is 0 Å². The van der Waals surface area contributed by atoms with Gasteiger partial charge in [0.1, 0.15) is 0 Å². The first-order valence-electron chi connectivity index (χ1n) is 7.33. The molecule has 106 valence electrons. The minimum absolute atomic E-state index is 0.146. The standard InChI is InChI=1S/C14H29N3O/c1-4-15-14(16-9-8-11(2)3)17-10-12-6-5-7-13(12)18/h11-13,18H,4-10H2,1-3H3,(H2,15,16,17). The number of aliphatic hydroxyl groups excluding tert-OH is 1. The highest BCUT2D eigenvalue weighted by Gasteiger charge is 2.24. The predicted molar refractivity (Wildman–Crippen MR) is 76.8 cm³/mol. The third kappa shape index (κ3) is 5.71. The highest BCUT2D eigenvalue weighted by atomic mass is 16.3. The topological polar surface area (TPSA) is 56.7 Å². The van der Waals surface area contributed by atoms with Crippen LogP contribution in [0.25, 0.3) is 0 Å². The fourth-order valence-electron chi connectivity index (χ4n) is 2.26. The lowest BCUT2D eigenvalue weighted by Crippen LogP contribution is -2.38. The molecule has 2 atom stereocenters.